The number of primary amides is 1. The lowest BCUT2D eigenvalue weighted by molar-refractivity contribution is 0.0965. The Bertz CT molecular complexity index is 1250. The first-order valence-electron chi connectivity index (χ1n) is 12.1. The van der Waals surface area contributed by atoms with Gasteiger partial charge in [-0.15, -0.1) is 11.3 Å². The zero-order valence-electron chi connectivity index (χ0n) is 20.2. The summed E-state index contributed by atoms with van der Waals surface area (Å²) in [5, 5.41) is 5.25. The molecule has 4 N–H and O–H groups in total. The minimum atomic E-state index is -3.60. The second-order valence-corrected chi connectivity index (χ2v) is 12.0. The normalized spacial score (nSPS) is 16.8. The average molecular weight is 534 g/mol. The lowest BCUT2D eigenvalue weighted by atomic mass is 10.0. The number of piperidine rings is 1. The van der Waals surface area contributed by atoms with Gasteiger partial charge in [-0.3, -0.25) is 19.8 Å². The fourth-order valence-corrected chi connectivity index (χ4v) is 7.47. The summed E-state index contributed by atoms with van der Waals surface area (Å²) < 4.78 is 27.3. The van der Waals surface area contributed by atoms with Crippen molar-refractivity contribution < 1.29 is 22.8 Å². The van der Waals surface area contributed by atoms with Crippen LogP contribution in [0.25, 0.3) is 0 Å². The number of imide groups is 1. The van der Waals surface area contributed by atoms with Crippen LogP contribution < -0.4 is 16.4 Å². The van der Waals surface area contributed by atoms with Gasteiger partial charge in [0, 0.05) is 36.6 Å². The fourth-order valence-electron chi connectivity index (χ4n) is 4.67. The molecular formula is C24H31N5O5S2. The molecule has 0 spiro atoms. The molecule has 0 atom stereocenters. The molecule has 194 valence electrons. The maximum atomic E-state index is 13.1. The molecule has 0 radical (unpaired) electrons. The maximum Gasteiger partial charge on any atom is 0.319 e. The van der Waals surface area contributed by atoms with Gasteiger partial charge in [-0.2, -0.15) is 4.31 Å². The van der Waals surface area contributed by atoms with Crippen molar-refractivity contribution in [2.75, 3.05) is 31.5 Å². The van der Waals surface area contributed by atoms with Crippen molar-refractivity contribution >= 4 is 44.2 Å². The highest BCUT2D eigenvalue weighted by Gasteiger charge is 2.30. The van der Waals surface area contributed by atoms with Gasteiger partial charge in [0.1, 0.15) is 5.00 Å². The Hall–Kier alpha value is -2.80. The molecular weight excluding hydrogens is 502 g/mol. The van der Waals surface area contributed by atoms with Crippen molar-refractivity contribution in [1.82, 2.24) is 14.5 Å². The molecule has 12 heteroatoms. The Balaban J connectivity index is 1.56. The molecule has 4 rings (SSSR count). The van der Waals surface area contributed by atoms with E-state index in [1.807, 2.05) is 0 Å². The number of nitrogens with one attached hydrogen (secondary N) is 2. The van der Waals surface area contributed by atoms with Crippen LogP contribution in [0.5, 0.6) is 0 Å². The molecule has 2 aliphatic rings. The van der Waals surface area contributed by atoms with Crippen molar-refractivity contribution in [3.63, 3.8) is 0 Å². The summed E-state index contributed by atoms with van der Waals surface area (Å²) in [7, 11) is -3.60. The molecule has 2 aliphatic heterocycles. The van der Waals surface area contributed by atoms with Crippen molar-refractivity contribution in [2.45, 2.75) is 50.5 Å². The smallest absolute Gasteiger partial charge is 0.319 e. The number of nitrogens with zero attached hydrogens (tertiary/aromatic N) is 2. The molecule has 4 amide bonds. The van der Waals surface area contributed by atoms with Crippen LogP contribution in [0, 0.1) is 0 Å². The van der Waals surface area contributed by atoms with Crippen LogP contribution in [0.2, 0.25) is 0 Å². The van der Waals surface area contributed by atoms with Gasteiger partial charge >= 0.3 is 6.03 Å². The predicted molar refractivity (Wildman–Crippen MR) is 138 cm³/mol. The number of carbonyl (C=O) groups is 3. The zero-order chi connectivity index (χ0) is 25.9. The van der Waals surface area contributed by atoms with Crippen molar-refractivity contribution in [2.24, 2.45) is 5.73 Å². The van der Waals surface area contributed by atoms with Crippen LogP contribution in [-0.4, -0.2) is 61.6 Å². The SMILES string of the molecule is CCCN1CCc2c(sc(NC(=O)c3ccc(S(=O)(=O)N4CCCCC4)cc3)c2C(=O)NC(N)=O)C1. The summed E-state index contributed by atoms with van der Waals surface area (Å²) in [5.74, 6) is -1.13. The van der Waals surface area contributed by atoms with Crippen LogP contribution in [0.1, 0.15) is 63.8 Å². The van der Waals surface area contributed by atoms with Crippen LogP contribution in [0.3, 0.4) is 0 Å². The molecule has 1 aromatic carbocycles. The molecule has 10 nitrogen and oxygen atoms in total. The maximum absolute atomic E-state index is 13.1. The quantitative estimate of drug-likeness (QED) is 0.500. The number of fused-ring (bicyclic) bond motifs is 1. The first-order valence-corrected chi connectivity index (χ1v) is 14.4. The second-order valence-electron chi connectivity index (χ2n) is 9.00. The van der Waals surface area contributed by atoms with Crippen LogP contribution >= 0.6 is 11.3 Å². The number of amides is 4. The van der Waals surface area contributed by atoms with Gasteiger partial charge in [0.25, 0.3) is 11.8 Å². The van der Waals surface area contributed by atoms with Gasteiger partial charge in [0.2, 0.25) is 10.0 Å². The number of hydrogen-bond acceptors (Lipinski definition) is 7. The number of hydrogen-bond donors (Lipinski definition) is 3. The average Bonchev–Trinajstić information content (AvgIpc) is 3.21. The molecule has 1 aromatic heterocycles. The third kappa shape index (κ3) is 5.61. The summed E-state index contributed by atoms with van der Waals surface area (Å²) >= 11 is 1.31. The number of carbonyl (C=O) groups excluding carboxylic acids is 3. The minimum Gasteiger partial charge on any atom is -0.351 e. The lowest BCUT2D eigenvalue weighted by Crippen LogP contribution is -2.36. The number of anilines is 1. The molecule has 2 aromatic rings. The number of nitrogens with two attached hydrogens (primary N) is 1. The first kappa shape index (κ1) is 26.3. The van der Waals surface area contributed by atoms with Crippen LogP contribution in [-0.2, 0) is 23.0 Å². The number of urea groups is 1. The van der Waals surface area contributed by atoms with E-state index in [1.54, 1.807) is 0 Å². The van der Waals surface area contributed by atoms with E-state index in [1.165, 1.54) is 39.9 Å². The number of benzene rings is 1. The van der Waals surface area contributed by atoms with E-state index in [-0.39, 0.29) is 16.0 Å². The van der Waals surface area contributed by atoms with E-state index in [4.69, 9.17) is 5.73 Å². The number of sulfonamides is 1. The lowest BCUT2D eigenvalue weighted by Gasteiger charge is -2.26. The van der Waals surface area contributed by atoms with Crippen LogP contribution in [0.4, 0.5) is 9.80 Å². The fraction of sp³-hybridized carbons (Fsp3) is 0.458. The number of thiophene rings is 1. The van der Waals surface area contributed by atoms with E-state index in [2.05, 4.69) is 22.5 Å². The van der Waals surface area contributed by atoms with Gasteiger partial charge in [-0.25, -0.2) is 13.2 Å². The molecule has 0 aliphatic carbocycles. The standard InChI is InChI=1S/C24H31N5O5S2/c1-2-11-28-14-10-18-19(15-28)35-23(20(18)22(31)27-24(25)32)26-21(30)16-6-8-17(9-7-16)36(33,34)29-12-4-3-5-13-29/h6-9H,2-5,10-15H2,1H3,(H,26,30)(H3,25,27,31,32). The third-order valence-electron chi connectivity index (χ3n) is 6.44. The molecule has 36 heavy (non-hydrogen) atoms. The largest absolute Gasteiger partial charge is 0.351 e. The molecule has 1 saturated heterocycles. The van der Waals surface area contributed by atoms with E-state index in [0.29, 0.717) is 31.1 Å². The highest BCUT2D eigenvalue weighted by molar-refractivity contribution is 7.89. The zero-order valence-corrected chi connectivity index (χ0v) is 21.8. The highest BCUT2D eigenvalue weighted by atomic mass is 32.2. The molecule has 0 unspecified atom stereocenters. The van der Waals surface area contributed by atoms with Gasteiger partial charge in [0.05, 0.1) is 10.5 Å². The Morgan fingerprint density at radius 3 is 2.36 bits per heavy atom. The van der Waals surface area contributed by atoms with E-state index in [0.717, 1.165) is 49.2 Å². The Labute approximate surface area is 214 Å². The number of rotatable bonds is 7. The van der Waals surface area contributed by atoms with E-state index >= 15 is 0 Å². The van der Waals surface area contributed by atoms with Crippen molar-refractivity contribution in [1.29, 1.82) is 0 Å². The minimum absolute atomic E-state index is 0.144. The highest BCUT2D eigenvalue weighted by Crippen LogP contribution is 2.37. The Morgan fingerprint density at radius 2 is 1.72 bits per heavy atom. The van der Waals surface area contributed by atoms with Gasteiger partial charge in [-0.1, -0.05) is 13.3 Å². The second kappa shape index (κ2) is 11.1. The first-order chi connectivity index (χ1) is 17.2. The van der Waals surface area contributed by atoms with Crippen molar-refractivity contribution in [3.8, 4) is 0 Å². The van der Waals surface area contributed by atoms with Crippen LogP contribution in [0.15, 0.2) is 29.2 Å². The summed E-state index contributed by atoms with van der Waals surface area (Å²) in [6.07, 6.45) is 4.32. The van der Waals surface area contributed by atoms with Gasteiger partial charge < -0.3 is 11.1 Å². The molecule has 0 saturated carbocycles. The third-order valence-corrected chi connectivity index (χ3v) is 9.48. The monoisotopic (exact) mass is 533 g/mol. The van der Waals surface area contributed by atoms with Gasteiger partial charge in [0.15, 0.2) is 0 Å². The molecule has 0 bridgehead atoms. The summed E-state index contributed by atoms with van der Waals surface area (Å²) in [6, 6.07) is 4.83. The summed E-state index contributed by atoms with van der Waals surface area (Å²) in [4.78, 5) is 40.6. The predicted octanol–water partition coefficient (Wildman–Crippen LogP) is 2.75. The van der Waals surface area contributed by atoms with Crippen molar-refractivity contribution in [3.05, 3.63) is 45.8 Å². The van der Waals surface area contributed by atoms with E-state index < -0.39 is 27.9 Å². The molecule has 1 fully saturated rings. The Kier molecular flexibility index (Phi) is 8.08. The summed E-state index contributed by atoms with van der Waals surface area (Å²) in [6.45, 7) is 5.45. The Morgan fingerprint density at radius 1 is 1.03 bits per heavy atom. The topological polar surface area (TPSA) is 142 Å². The summed E-state index contributed by atoms with van der Waals surface area (Å²) in [5.41, 5.74) is 6.49. The van der Waals surface area contributed by atoms with Gasteiger partial charge in [-0.05, 0) is 62.1 Å². The van der Waals surface area contributed by atoms with E-state index in [9.17, 15) is 22.8 Å². The molecule has 3 heterocycles.